The van der Waals surface area contributed by atoms with Gasteiger partial charge in [-0.05, 0) is 68.1 Å². The quantitative estimate of drug-likeness (QED) is 0.0278. The SMILES string of the molecule is CC[C@@]1(O)C(=O)OCc2c1cc1n(c2=O)Cc2c-1nc1cc3c(cc1c2CNC(=O)CNC(=O)[C@H](CCCCN)NC(=O)[C@@H](NC(=O)COCCOCc1cn(-c2cnc(=S)[nH]c2)nn1)C(C)C)OCO3. The summed E-state index contributed by atoms with van der Waals surface area (Å²) < 4.78 is 30.9. The Morgan fingerprint density at radius 3 is 2.54 bits per heavy atom. The first-order valence-corrected chi connectivity index (χ1v) is 23.5. The Bertz CT molecular complexity index is 2970. The highest BCUT2D eigenvalue weighted by Gasteiger charge is 2.45. The van der Waals surface area contributed by atoms with Crippen molar-refractivity contribution in [2.75, 3.05) is 39.7 Å². The highest BCUT2D eigenvalue weighted by atomic mass is 32.1. The lowest BCUT2D eigenvalue weighted by Crippen LogP contribution is -2.56. The van der Waals surface area contributed by atoms with E-state index in [1.165, 1.54) is 9.25 Å². The summed E-state index contributed by atoms with van der Waals surface area (Å²) in [6.07, 6.45) is 6.12. The fourth-order valence-corrected chi connectivity index (χ4v) is 8.59. The molecule has 8 N–H and O–H groups in total. The van der Waals surface area contributed by atoms with Crippen molar-refractivity contribution in [3.05, 3.63) is 79.9 Å². The van der Waals surface area contributed by atoms with Crippen LogP contribution < -0.4 is 42.0 Å². The van der Waals surface area contributed by atoms with E-state index in [0.717, 1.165) is 0 Å². The third kappa shape index (κ3) is 10.9. The second-order valence-corrected chi connectivity index (χ2v) is 17.8. The van der Waals surface area contributed by atoms with Crippen molar-refractivity contribution in [2.45, 2.75) is 90.4 Å². The minimum Gasteiger partial charge on any atom is -0.458 e. The lowest BCUT2D eigenvalue weighted by atomic mass is 9.86. The summed E-state index contributed by atoms with van der Waals surface area (Å²) in [5.41, 5.74) is 7.28. The zero-order chi connectivity index (χ0) is 50.4. The Hall–Kier alpha value is -7.19. The molecule has 8 rings (SSSR count). The van der Waals surface area contributed by atoms with E-state index in [4.69, 9.17) is 46.6 Å². The standard InChI is InChI=1S/C46H54N12O12S/c1-4-46(65)31-12-34-40-29(19-57(34)43(63)30(31)21-68-44(46)64)28(27-11-35-36(70-23-69-35)13-33(27)52-40)16-48-37(59)17-49-41(61)32(7-5-6-8-47)53-42(62)39(24(2)3)54-38(60)22-67-10-9-66-20-25-18-58(56-55-25)26-14-50-45(71)51-15-26/h11-15,18,24,32,39,65H,4-10,16-17,19-23,47H2,1-3H3,(H,48,59)(H,49,61)(H,53,62)(H,54,60)(H,50,51,71)/t32-,39-,46-/m0/s1. The number of nitrogens with one attached hydrogen (secondary N) is 5. The molecule has 1 aromatic carbocycles. The fraction of sp³-hybridized carbons (Fsp3) is 0.457. The number of unbranched alkanes of at least 4 members (excludes halogenated alkanes) is 1. The zero-order valence-corrected chi connectivity index (χ0v) is 40.0. The van der Waals surface area contributed by atoms with E-state index in [2.05, 4.69) is 41.5 Å². The fourth-order valence-electron chi connectivity index (χ4n) is 8.48. The molecule has 4 amide bonds. The van der Waals surface area contributed by atoms with Gasteiger partial charge in [-0.15, -0.1) is 5.10 Å². The topological polar surface area (TPSA) is 320 Å². The molecule has 3 aliphatic rings. The largest absolute Gasteiger partial charge is 0.458 e. The number of aliphatic hydroxyl groups is 1. The van der Waals surface area contributed by atoms with Crippen molar-refractivity contribution in [1.29, 1.82) is 0 Å². The highest BCUT2D eigenvalue weighted by Crippen LogP contribution is 2.43. The van der Waals surface area contributed by atoms with Gasteiger partial charge in [0.2, 0.25) is 30.4 Å². The predicted octanol–water partition coefficient (Wildman–Crippen LogP) is 0.562. The summed E-state index contributed by atoms with van der Waals surface area (Å²) in [6.45, 7) is 4.73. The van der Waals surface area contributed by atoms with Gasteiger partial charge in [-0.25, -0.2) is 19.4 Å². The number of carbonyl (C=O) groups excluding carboxylic acids is 5. The summed E-state index contributed by atoms with van der Waals surface area (Å²) in [5, 5.41) is 31.0. The number of hydrogen-bond acceptors (Lipinski definition) is 18. The lowest BCUT2D eigenvalue weighted by Gasteiger charge is -2.31. The maximum Gasteiger partial charge on any atom is 0.343 e. The van der Waals surface area contributed by atoms with Crippen LogP contribution in [-0.2, 0) is 70.1 Å². The van der Waals surface area contributed by atoms with Crippen molar-refractivity contribution in [3.63, 3.8) is 0 Å². The number of H-pyrrole nitrogens is 1. The third-order valence-electron chi connectivity index (χ3n) is 12.3. The molecule has 0 aliphatic carbocycles. The number of nitrogens with two attached hydrogens (primary N) is 1. The molecule has 24 nitrogen and oxygen atoms in total. The number of nitrogens with zero attached hydrogens (tertiary/aromatic N) is 6. The molecule has 0 fully saturated rings. The Labute approximate surface area is 410 Å². The molecule has 7 heterocycles. The number of fused-ring (bicyclic) bond motifs is 6. The van der Waals surface area contributed by atoms with E-state index in [-0.39, 0.29) is 82.8 Å². The molecule has 25 heteroatoms. The summed E-state index contributed by atoms with van der Waals surface area (Å²) in [7, 11) is 0. The molecule has 71 heavy (non-hydrogen) atoms. The number of esters is 1. The van der Waals surface area contributed by atoms with Crippen LogP contribution in [0.1, 0.15) is 74.4 Å². The number of rotatable bonds is 22. The first-order valence-electron chi connectivity index (χ1n) is 23.1. The molecule has 4 aromatic heterocycles. The summed E-state index contributed by atoms with van der Waals surface area (Å²) in [4.78, 5) is 92.2. The van der Waals surface area contributed by atoms with Gasteiger partial charge in [0.05, 0.1) is 67.8 Å². The molecule has 0 saturated heterocycles. The van der Waals surface area contributed by atoms with E-state index in [1.54, 1.807) is 57.6 Å². The van der Waals surface area contributed by atoms with Crippen molar-refractivity contribution in [3.8, 4) is 28.6 Å². The predicted molar refractivity (Wildman–Crippen MR) is 252 cm³/mol. The number of benzene rings is 1. The Balaban J connectivity index is 0.868. The van der Waals surface area contributed by atoms with Gasteiger partial charge in [-0.1, -0.05) is 26.0 Å². The Morgan fingerprint density at radius 1 is 1.00 bits per heavy atom. The van der Waals surface area contributed by atoms with Crippen LogP contribution in [0.25, 0.3) is 28.0 Å². The smallest absolute Gasteiger partial charge is 0.343 e. The van der Waals surface area contributed by atoms with Crippen LogP contribution in [0.4, 0.5) is 0 Å². The van der Waals surface area contributed by atoms with Gasteiger partial charge in [0, 0.05) is 35.3 Å². The molecule has 0 bridgehead atoms. The van der Waals surface area contributed by atoms with Crippen molar-refractivity contribution < 1.29 is 52.8 Å². The van der Waals surface area contributed by atoms with Crippen LogP contribution in [-0.4, -0.2) is 121 Å². The van der Waals surface area contributed by atoms with E-state index in [9.17, 15) is 33.9 Å². The summed E-state index contributed by atoms with van der Waals surface area (Å²) >= 11 is 4.96. The molecular weight excluding hydrogens is 945 g/mol. The molecule has 0 saturated carbocycles. The number of aromatic nitrogens is 7. The summed E-state index contributed by atoms with van der Waals surface area (Å²) in [6, 6.07) is 2.96. The number of cyclic esters (lactones) is 1. The summed E-state index contributed by atoms with van der Waals surface area (Å²) in [5.74, 6) is -2.64. The number of pyridine rings is 2. The first kappa shape index (κ1) is 50.2. The zero-order valence-electron chi connectivity index (χ0n) is 39.2. The van der Waals surface area contributed by atoms with Crippen molar-refractivity contribution in [2.24, 2.45) is 11.7 Å². The molecule has 376 valence electrons. The number of amides is 4. The normalized spacial score (nSPS) is 16.2. The molecule has 0 radical (unpaired) electrons. The molecule has 0 unspecified atom stereocenters. The minimum atomic E-state index is -2.02. The first-order chi connectivity index (χ1) is 34.2. The van der Waals surface area contributed by atoms with Gasteiger partial charge in [-0.3, -0.25) is 24.0 Å². The number of ether oxygens (including phenoxy) is 5. The van der Waals surface area contributed by atoms with Crippen LogP contribution in [0.3, 0.4) is 0 Å². The maximum absolute atomic E-state index is 13.9. The number of aromatic amines is 1. The minimum absolute atomic E-state index is 0.000244. The second-order valence-electron chi connectivity index (χ2n) is 17.4. The second kappa shape index (κ2) is 21.8. The van der Waals surface area contributed by atoms with E-state index in [0.29, 0.717) is 80.5 Å². The molecule has 3 atom stereocenters. The molecule has 3 aliphatic heterocycles. The van der Waals surface area contributed by atoms with Gasteiger partial charge in [0.1, 0.15) is 36.7 Å². The molecular formula is C46H54N12O12S. The van der Waals surface area contributed by atoms with Gasteiger partial charge in [-0.2, -0.15) is 0 Å². The van der Waals surface area contributed by atoms with Crippen LogP contribution >= 0.6 is 12.2 Å². The van der Waals surface area contributed by atoms with E-state index >= 15 is 0 Å². The van der Waals surface area contributed by atoms with Crippen LogP contribution in [0.15, 0.2) is 41.6 Å². The Kier molecular flexibility index (Phi) is 15.4. The molecule has 0 spiro atoms. The number of carbonyl (C=O) groups is 5. The van der Waals surface area contributed by atoms with Gasteiger partial charge in [0.25, 0.3) is 5.56 Å². The van der Waals surface area contributed by atoms with E-state index in [1.807, 2.05) is 0 Å². The maximum atomic E-state index is 13.9. The third-order valence-corrected chi connectivity index (χ3v) is 12.6. The van der Waals surface area contributed by atoms with Gasteiger partial charge >= 0.3 is 5.97 Å². The van der Waals surface area contributed by atoms with Crippen LogP contribution in [0.5, 0.6) is 11.5 Å². The van der Waals surface area contributed by atoms with Gasteiger partial charge < -0.3 is 65.3 Å². The van der Waals surface area contributed by atoms with Crippen molar-refractivity contribution in [1.82, 2.24) is 55.8 Å². The average Bonchev–Trinajstić information content (AvgIpc) is 4.12. The van der Waals surface area contributed by atoms with Crippen molar-refractivity contribution >= 4 is 52.7 Å². The highest BCUT2D eigenvalue weighted by molar-refractivity contribution is 7.71. The van der Waals surface area contributed by atoms with Crippen LogP contribution in [0.2, 0.25) is 0 Å². The lowest BCUT2D eigenvalue weighted by molar-refractivity contribution is -0.172. The number of hydrogen-bond donors (Lipinski definition) is 7. The monoisotopic (exact) mass is 998 g/mol. The van der Waals surface area contributed by atoms with Crippen LogP contribution in [0, 0.1) is 10.7 Å². The average molecular weight is 999 g/mol. The molecule has 5 aromatic rings. The Morgan fingerprint density at radius 2 is 1.79 bits per heavy atom. The van der Waals surface area contributed by atoms with E-state index < -0.39 is 59.4 Å². The van der Waals surface area contributed by atoms with Gasteiger partial charge in [0.15, 0.2) is 21.9 Å².